The third-order valence-electron chi connectivity index (χ3n) is 3.29. The smallest absolute Gasteiger partial charge is 0.261 e. The van der Waals surface area contributed by atoms with Gasteiger partial charge in [0.1, 0.15) is 5.56 Å². The zero-order valence-electron chi connectivity index (χ0n) is 12.7. The number of halogens is 1. The van der Waals surface area contributed by atoms with Crippen LogP contribution in [0.2, 0.25) is 0 Å². The molecular weight excluding hydrogens is 299 g/mol. The number of rotatable bonds is 4. The fourth-order valence-electron chi connectivity index (χ4n) is 2.31. The first-order chi connectivity index (χ1) is 11.1. The summed E-state index contributed by atoms with van der Waals surface area (Å²) in [5, 5.41) is 6.89. The van der Waals surface area contributed by atoms with Crippen molar-refractivity contribution in [1.29, 1.82) is 0 Å². The molecule has 1 aromatic carbocycles. The van der Waals surface area contributed by atoms with Crippen LogP contribution in [0.25, 0.3) is 5.65 Å². The molecule has 0 saturated heterocycles. The number of fused-ring (bicyclic) bond motifs is 1. The molecule has 6 nitrogen and oxygen atoms in total. The minimum atomic E-state index is -0.528. The highest BCUT2D eigenvalue weighted by atomic mass is 19.1. The molecule has 0 bridgehead atoms. The molecule has 3 rings (SSSR count). The summed E-state index contributed by atoms with van der Waals surface area (Å²) in [5.74, 6) is -0.765. The number of hydrogen-bond donors (Lipinski definition) is 1. The fraction of sp³-hybridized carbons (Fsp3) is 0.188. The molecule has 2 aromatic heterocycles. The van der Waals surface area contributed by atoms with Crippen molar-refractivity contribution in [3.63, 3.8) is 0 Å². The van der Waals surface area contributed by atoms with Gasteiger partial charge in [-0.1, -0.05) is 0 Å². The van der Waals surface area contributed by atoms with Crippen LogP contribution in [0.4, 0.5) is 10.1 Å². The summed E-state index contributed by atoms with van der Waals surface area (Å²) in [4.78, 5) is 16.6. The van der Waals surface area contributed by atoms with Crippen molar-refractivity contribution >= 4 is 17.2 Å². The molecule has 7 heteroatoms. The van der Waals surface area contributed by atoms with E-state index in [1.807, 2.05) is 0 Å². The molecule has 118 valence electrons. The Hall–Kier alpha value is -2.96. The lowest BCUT2D eigenvalue weighted by atomic mass is 10.2. The molecule has 0 aliphatic carbocycles. The Bertz CT molecular complexity index is 876. The van der Waals surface area contributed by atoms with E-state index in [0.29, 0.717) is 29.2 Å². The number of ether oxygens (including phenoxy) is 1. The molecule has 0 atom stereocenters. The van der Waals surface area contributed by atoms with Crippen molar-refractivity contribution < 1.29 is 13.9 Å². The number of nitrogens with zero attached hydrogens (tertiary/aromatic N) is 3. The topological polar surface area (TPSA) is 68.5 Å². The number of amides is 1. The van der Waals surface area contributed by atoms with E-state index in [0.717, 1.165) is 0 Å². The molecule has 0 saturated carbocycles. The van der Waals surface area contributed by atoms with Crippen molar-refractivity contribution in [1.82, 2.24) is 14.6 Å². The van der Waals surface area contributed by atoms with E-state index in [-0.39, 0.29) is 11.7 Å². The van der Waals surface area contributed by atoms with Gasteiger partial charge in [0.15, 0.2) is 17.2 Å². The number of benzene rings is 1. The molecule has 0 aliphatic heterocycles. The fourth-order valence-corrected chi connectivity index (χ4v) is 2.31. The summed E-state index contributed by atoms with van der Waals surface area (Å²) in [6, 6.07) is 6.01. The molecule has 0 aliphatic rings. The first-order valence-corrected chi connectivity index (χ1v) is 7.13. The SMILES string of the molecule is CCOc1ccc(NC(=O)c2c(C)nn3cccnc23)cc1F. The Labute approximate surface area is 131 Å². The summed E-state index contributed by atoms with van der Waals surface area (Å²) in [7, 11) is 0. The number of carbonyl (C=O) groups excluding carboxylic acids is 1. The number of nitrogens with one attached hydrogen (secondary N) is 1. The van der Waals surface area contributed by atoms with Gasteiger partial charge in [-0.3, -0.25) is 4.79 Å². The van der Waals surface area contributed by atoms with E-state index in [1.54, 1.807) is 38.4 Å². The third kappa shape index (κ3) is 2.85. The Morgan fingerprint density at radius 1 is 1.43 bits per heavy atom. The van der Waals surface area contributed by atoms with Gasteiger partial charge in [0.25, 0.3) is 5.91 Å². The Kier molecular flexibility index (Phi) is 3.92. The molecule has 23 heavy (non-hydrogen) atoms. The summed E-state index contributed by atoms with van der Waals surface area (Å²) in [5.41, 5.74) is 1.70. The van der Waals surface area contributed by atoms with Gasteiger partial charge < -0.3 is 10.1 Å². The lowest BCUT2D eigenvalue weighted by molar-refractivity contribution is 0.102. The first-order valence-electron chi connectivity index (χ1n) is 7.13. The minimum absolute atomic E-state index is 0.152. The molecule has 1 amide bonds. The van der Waals surface area contributed by atoms with Crippen LogP contribution in [-0.2, 0) is 0 Å². The second-order valence-electron chi connectivity index (χ2n) is 4.88. The quantitative estimate of drug-likeness (QED) is 0.804. The van der Waals surface area contributed by atoms with Crippen LogP contribution < -0.4 is 10.1 Å². The Morgan fingerprint density at radius 3 is 3.00 bits per heavy atom. The average molecular weight is 314 g/mol. The lowest BCUT2D eigenvalue weighted by Gasteiger charge is -2.08. The molecule has 0 unspecified atom stereocenters. The summed E-state index contributed by atoms with van der Waals surface area (Å²) in [6.45, 7) is 3.87. The van der Waals surface area contributed by atoms with E-state index in [4.69, 9.17) is 4.74 Å². The van der Waals surface area contributed by atoms with E-state index < -0.39 is 5.82 Å². The zero-order chi connectivity index (χ0) is 16.4. The number of aryl methyl sites for hydroxylation is 1. The maximum Gasteiger partial charge on any atom is 0.261 e. The van der Waals surface area contributed by atoms with E-state index >= 15 is 0 Å². The van der Waals surface area contributed by atoms with Gasteiger partial charge in [-0.25, -0.2) is 13.9 Å². The van der Waals surface area contributed by atoms with Crippen molar-refractivity contribution in [3.8, 4) is 5.75 Å². The van der Waals surface area contributed by atoms with Crippen LogP contribution in [-0.4, -0.2) is 27.1 Å². The maximum absolute atomic E-state index is 13.9. The van der Waals surface area contributed by atoms with Gasteiger partial charge in [0.05, 0.1) is 12.3 Å². The van der Waals surface area contributed by atoms with Crippen molar-refractivity contribution in [3.05, 3.63) is 53.7 Å². The van der Waals surface area contributed by atoms with Crippen LogP contribution in [0.3, 0.4) is 0 Å². The Balaban J connectivity index is 1.89. The predicted molar refractivity (Wildman–Crippen MR) is 83.2 cm³/mol. The summed E-state index contributed by atoms with van der Waals surface area (Å²) < 4.78 is 20.5. The van der Waals surface area contributed by atoms with Gasteiger partial charge in [-0.2, -0.15) is 5.10 Å². The number of anilines is 1. The van der Waals surface area contributed by atoms with Crippen LogP contribution in [0.15, 0.2) is 36.7 Å². The predicted octanol–water partition coefficient (Wildman–Crippen LogP) is 2.83. The monoisotopic (exact) mass is 314 g/mol. The molecule has 3 aromatic rings. The second-order valence-corrected chi connectivity index (χ2v) is 4.88. The molecule has 2 heterocycles. The molecule has 1 N–H and O–H groups in total. The first kappa shape index (κ1) is 15.0. The van der Waals surface area contributed by atoms with Crippen molar-refractivity contribution in [2.45, 2.75) is 13.8 Å². The number of carbonyl (C=O) groups is 1. The Morgan fingerprint density at radius 2 is 2.26 bits per heavy atom. The van der Waals surface area contributed by atoms with E-state index in [1.165, 1.54) is 16.6 Å². The lowest BCUT2D eigenvalue weighted by Crippen LogP contribution is -2.13. The van der Waals surface area contributed by atoms with Gasteiger partial charge in [-0.15, -0.1) is 0 Å². The highest BCUT2D eigenvalue weighted by Crippen LogP contribution is 2.22. The van der Waals surface area contributed by atoms with Crippen LogP contribution in [0, 0.1) is 12.7 Å². The van der Waals surface area contributed by atoms with Gasteiger partial charge in [0.2, 0.25) is 0 Å². The zero-order valence-corrected chi connectivity index (χ0v) is 12.7. The highest BCUT2D eigenvalue weighted by molar-refractivity contribution is 6.09. The minimum Gasteiger partial charge on any atom is -0.491 e. The van der Waals surface area contributed by atoms with Crippen molar-refractivity contribution in [2.24, 2.45) is 0 Å². The van der Waals surface area contributed by atoms with E-state index in [9.17, 15) is 9.18 Å². The normalized spacial score (nSPS) is 10.7. The second kappa shape index (κ2) is 6.04. The summed E-state index contributed by atoms with van der Waals surface area (Å²) >= 11 is 0. The van der Waals surface area contributed by atoms with Gasteiger partial charge in [-0.05, 0) is 32.0 Å². The van der Waals surface area contributed by atoms with Crippen LogP contribution in [0.1, 0.15) is 23.0 Å². The number of aromatic nitrogens is 3. The van der Waals surface area contributed by atoms with E-state index in [2.05, 4.69) is 15.4 Å². The largest absolute Gasteiger partial charge is 0.491 e. The standard InChI is InChI=1S/C16H15FN4O2/c1-3-23-13-6-5-11(9-12(13)17)19-16(22)14-10(2)20-21-8-4-7-18-15(14)21/h4-9H,3H2,1-2H3,(H,19,22). The molecular formula is C16H15FN4O2. The van der Waals surface area contributed by atoms with Gasteiger partial charge in [0, 0.05) is 24.1 Å². The summed E-state index contributed by atoms with van der Waals surface area (Å²) in [6.07, 6.45) is 3.30. The third-order valence-corrected chi connectivity index (χ3v) is 3.29. The van der Waals surface area contributed by atoms with Gasteiger partial charge >= 0.3 is 0 Å². The molecule has 0 spiro atoms. The van der Waals surface area contributed by atoms with Crippen LogP contribution >= 0.6 is 0 Å². The highest BCUT2D eigenvalue weighted by Gasteiger charge is 2.18. The molecule has 0 fully saturated rings. The van der Waals surface area contributed by atoms with Crippen molar-refractivity contribution in [2.75, 3.05) is 11.9 Å². The van der Waals surface area contributed by atoms with Crippen LogP contribution in [0.5, 0.6) is 5.75 Å². The maximum atomic E-state index is 13.9. The molecule has 0 radical (unpaired) electrons. The number of hydrogen-bond acceptors (Lipinski definition) is 4. The average Bonchev–Trinajstić information content (AvgIpc) is 2.86.